The number of rotatable bonds is 4. The number of aryl methyl sites for hydroxylation is 1. The molecule has 0 aliphatic rings. The highest BCUT2D eigenvalue weighted by molar-refractivity contribution is 7.13. The maximum atomic E-state index is 12.1. The third kappa shape index (κ3) is 2.79. The van der Waals surface area contributed by atoms with Crippen LogP contribution >= 0.6 is 11.3 Å². The predicted molar refractivity (Wildman–Crippen MR) is 72.7 cm³/mol. The summed E-state index contributed by atoms with van der Waals surface area (Å²) in [6.07, 6.45) is 3.47. The number of hydrogen-bond donors (Lipinski definition) is 2. The number of nitrogens with one attached hydrogen (secondary N) is 2. The monoisotopic (exact) mass is 263 g/mol. The van der Waals surface area contributed by atoms with Crippen LogP contribution in [0.4, 0.5) is 0 Å². The number of nitrogens with zero attached hydrogens (tertiary/aromatic N) is 1. The minimum absolute atomic E-state index is 0.0387. The summed E-state index contributed by atoms with van der Waals surface area (Å²) in [5, 5.41) is 3.03. The second-order valence-corrected chi connectivity index (χ2v) is 5.87. The summed E-state index contributed by atoms with van der Waals surface area (Å²) < 4.78 is 0. The second kappa shape index (κ2) is 5.35. The van der Waals surface area contributed by atoms with Crippen molar-refractivity contribution < 1.29 is 4.79 Å². The zero-order valence-corrected chi connectivity index (χ0v) is 11.5. The fourth-order valence-electron chi connectivity index (χ4n) is 1.77. The molecule has 1 amide bonds. The van der Waals surface area contributed by atoms with E-state index in [4.69, 9.17) is 0 Å². The van der Waals surface area contributed by atoms with Crippen molar-refractivity contribution in [3.05, 3.63) is 40.1 Å². The third-order valence-electron chi connectivity index (χ3n) is 2.73. The average molecular weight is 263 g/mol. The number of thiophene rings is 1. The van der Waals surface area contributed by atoms with Gasteiger partial charge in [0.1, 0.15) is 5.82 Å². The van der Waals surface area contributed by atoms with Crippen LogP contribution in [-0.4, -0.2) is 15.9 Å². The molecule has 0 bridgehead atoms. The molecule has 2 aromatic rings. The van der Waals surface area contributed by atoms with Crippen molar-refractivity contribution in [3.63, 3.8) is 0 Å². The molecule has 0 radical (unpaired) electrons. The molecule has 0 fully saturated rings. The Morgan fingerprint density at radius 3 is 2.72 bits per heavy atom. The van der Waals surface area contributed by atoms with E-state index in [2.05, 4.69) is 29.1 Å². The molecule has 0 aromatic carbocycles. The first-order chi connectivity index (χ1) is 8.58. The van der Waals surface area contributed by atoms with Crippen molar-refractivity contribution in [3.8, 4) is 0 Å². The van der Waals surface area contributed by atoms with Gasteiger partial charge in [-0.05, 0) is 25.0 Å². The first-order valence-corrected chi connectivity index (χ1v) is 6.76. The molecule has 18 heavy (non-hydrogen) atoms. The van der Waals surface area contributed by atoms with Crippen LogP contribution in [-0.2, 0) is 0 Å². The van der Waals surface area contributed by atoms with Gasteiger partial charge in [0.25, 0.3) is 5.91 Å². The minimum atomic E-state index is -0.0880. The van der Waals surface area contributed by atoms with Gasteiger partial charge in [0.05, 0.1) is 10.9 Å². The number of carbonyl (C=O) groups excluding carboxylic acids is 1. The average Bonchev–Trinajstić information content (AvgIpc) is 2.95. The van der Waals surface area contributed by atoms with Crippen molar-refractivity contribution in [2.24, 2.45) is 5.92 Å². The van der Waals surface area contributed by atoms with Gasteiger partial charge in [-0.3, -0.25) is 4.79 Å². The van der Waals surface area contributed by atoms with Gasteiger partial charge in [0.2, 0.25) is 0 Å². The van der Waals surface area contributed by atoms with Crippen molar-refractivity contribution in [1.29, 1.82) is 0 Å². The SMILES string of the molecule is Cc1ccc(C(=O)NC(c2ncc[nH]2)C(C)C)s1. The summed E-state index contributed by atoms with van der Waals surface area (Å²) in [5.74, 6) is 1.04. The Labute approximate surface area is 110 Å². The Kier molecular flexibility index (Phi) is 3.81. The first-order valence-electron chi connectivity index (χ1n) is 5.94. The minimum Gasteiger partial charge on any atom is -0.347 e. The van der Waals surface area contributed by atoms with Crippen molar-refractivity contribution in [1.82, 2.24) is 15.3 Å². The number of amides is 1. The van der Waals surface area contributed by atoms with E-state index in [0.717, 1.165) is 15.6 Å². The summed E-state index contributed by atoms with van der Waals surface area (Å²) in [4.78, 5) is 21.3. The highest BCUT2D eigenvalue weighted by atomic mass is 32.1. The van der Waals surface area contributed by atoms with Gasteiger partial charge < -0.3 is 10.3 Å². The molecule has 0 aliphatic heterocycles. The zero-order valence-electron chi connectivity index (χ0n) is 10.7. The van der Waals surface area contributed by atoms with Crippen LogP contribution in [0.25, 0.3) is 0 Å². The van der Waals surface area contributed by atoms with Gasteiger partial charge in [-0.1, -0.05) is 13.8 Å². The van der Waals surface area contributed by atoms with Crippen LogP contribution in [0, 0.1) is 12.8 Å². The Hall–Kier alpha value is -1.62. The smallest absolute Gasteiger partial charge is 0.261 e. The molecule has 96 valence electrons. The molecule has 0 saturated carbocycles. The van der Waals surface area contributed by atoms with E-state index < -0.39 is 0 Å². The number of imidazole rings is 1. The molecule has 2 aromatic heterocycles. The number of aromatic nitrogens is 2. The van der Waals surface area contributed by atoms with Crippen LogP contribution in [0.15, 0.2) is 24.5 Å². The summed E-state index contributed by atoms with van der Waals surface area (Å²) in [7, 11) is 0. The lowest BCUT2D eigenvalue weighted by atomic mass is 10.0. The third-order valence-corrected chi connectivity index (χ3v) is 3.73. The largest absolute Gasteiger partial charge is 0.347 e. The van der Waals surface area contributed by atoms with Crippen molar-refractivity contribution >= 4 is 17.2 Å². The van der Waals surface area contributed by atoms with Crippen molar-refractivity contribution in [2.45, 2.75) is 26.8 Å². The van der Waals surface area contributed by atoms with Gasteiger partial charge in [0, 0.05) is 17.3 Å². The number of H-pyrrole nitrogens is 1. The maximum absolute atomic E-state index is 12.1. The number of carbonyl (C=O) groups is 1. The molecule has 0 aliphatic carbocycles. The van der Waals surface area contributed by atoms with E-state index >= 15 is 0 Å². The fraction of sp³-hybridized carbons (Fsp3) is 0.385. The lowest BCUT2D eigenvalue weighted by Crippen LogP contribution is -2.32. The van der Waals surface area contributed by atoms with Gasteiger partial charge in [-0.15, -0.1) is 11.3 Å². The Morgan fingerprint density at radius 2 is 2.22 bits per heavy atom. The lowest BCUT2D eigenvalue weighted by molar-refractivity contribution is 0.0927. The molecule has 0 spiro atoms. The Morgan fingerprint density at radius 1 is 1.44 bits per heavy atom. The number of aromatic amines is 1. The molecule has 2 rings (SSSR count). The van der Waals surface area contributed by atoms with Crippen molar-refractivity contribution in [2.75, 3.05) is 0 Å². The topological polar surface area (TPSA) is 57.8 Å². The van der Waals surface area contributed by atoms with Crippen LogP contribution in [0.3, 0.4) is 0 Å². The fourth-order valence-corrected chi connectivity index (χ4v) is 2.54. The highest BCUT2D eigenvalue weighted by Crippen LogP contribution is 2.21. The Bertz CT molecular complexity index is 516. The maximum Gasteiger partial charge on any atom is 0.261 e. The molecule has 5 heteroatoms. The van der Waals surface area contributed by atoms with Crippen LogP contribution < -0.4 is 5.32 Å². The molecule has 1 atom stereocenters. The number of hydrogen-bond acceptors (Lipinski definition) is 3. The van der Waals surface area contributed by atoms with Gasteiger partial charge in [0.15, 0.2) is 0 Å². The lowest BCUT2D eigenvalue weighted by Gasteiger charge is -2.19. The summed E-state index contributed by atoms with van der Waals surface area (Å²) in [5.41, 5.74) is 0. The van der Waals surface area contributed by atoms with Gasteiger partial charge >= 0.3 is 0 Å². The molecule has 2 heterocycles. The van der Waals surface area contributed by atoms with E-state index in [1.54, 1.807) is 12.4 Å². The van der Waals surface area contributed by atoms with Gasteiger partial charge in [-0.25, -0.2) is 4.98 Å². The summed E-state index contributed by atoms with van der Waals surface area (Å²) in [6.45, 7) is 6.12. The van der Waals surface area contributed by atoms with Crippen LogP contribution in [0.1, 0.15) is 40.3 Å². The second-order valence-electron chi connectivity index (χ2n) is 4.58. The van der Waals surface area contributed by atoms with E-state index in [0.29, 0.717) is 0 Å². The molecule has 0 saturated heterocycles. The molecule has 2 N–H and O–H groups in total. The zero-order chi connectivity index (χ0) is 13.1. The molecular formula is C13H17N3OS. The van der Waals surface area contributed by atoms with E-state index in [9.17, 15) is 4.79 Å². The first kappa shape index (κ1) is 12.8. The quantitative estimate of drug-likeness (QED) is 0.891. The molecule has 1 unspecified atom stereocenters. The van der Waals surface area contributed by atoms with Crippen LogP contribution in [0.5, 0.6) is 0 Å². The van der Waals surface area contributed by atoms with E-state index in [1.807, 2.05) is 19.1 Å². The summed E-state index contributed by atoms with van der Waals surface area (Å²) in [6, 6.07) is 3.72. The van der Waals surface area contributed by atoms with Crippen LogP contribution in [0.2, 0.25) is 0 Å². The highest BCUT2D eigenvalue weighted by Gasteiger charge is 2.21. The molecule has 4 nitrogen and oxygen atoms in total. The Balaban J connectivity index is 2.13. The summed E-state index contributed by atoms with van der Waals surface area (Å²) >= 11 is 1.50. The van der Waals surface area contributed by atoms with E-state index in [-0.39, 0.29) is 17.9 Å². The van der Waals surface area contributed by atoms with E-state index in [1.165, 1.54) is 11.3 Å². The van der Waals surface area contributed by atoms with Gasteiger partial charge in [-0.2, -0.15) is 0 Å². The predicted octanol–water partition coefficient (Wildman–Crippen LogP) is 2.91. The normalized spacial score (nSPS) is 12.7. The standard InChI is InChI=1S/C13H17N3OS/c1-8(2)11(12-14-6-7-15-12)16-13(17)10-5-4-9(3)18-10/h4-8,11H,1-3H3,(H,14,15)(H,16,17). The molecular weight excluding hydrogens is 246 g/mol.